The Labute approximate surface area is 119 Å². The first-order chi connectivity index (χ1) is 9.37. The van der Waals surface area contributed by atoms with Gasteiger partial charge >= 0.3 is 12.0 Å². The van der Waals surface area contributed by atoms with Crippen LogP contribution < -0.4 is 5.32 Å². The number of nitrogens with zero attached hydrogens (tertiary/aromatic N) is 1. The van der Waals surface area contributed by atoms with Crippen LogP contribution in [0.2, 0.25) is 0 Å². The van der Waals surface area contributed by atoms with E-state index >= 15 is 0 Å². The van der Waals surface area contributed by atoms with Crippen molar-refractivity contribution >= 4 is 12.0 Å². The molecule has 2 fully saturated rings. The average Bonchev–Trinajstić information content (AvgIpc) is 3.11. The standard InChI is InChI=1S/C14H24N2O4/c1-14(2)9-10(6-8-20-14)15-13(19)16(11-3-4-11)7-5-12(17)18/h10-11H,3-9H2,1-2H3,(H,15,19)(H,17,18). The molecule has 0 aromatic carbocycles. The van der Waals surface area contributed by atoms with Crippen LogP contribution in [0.3, 0.4) is 0 Å². The summed E-state index contributed by atoms with van der Waals surface area (Å²) < 4.78 is 5.63. The zero-order chi connectivity index (χ0) is 14.8. The number of carboxylic acids is 1. The number of nitrogens with one attached hydrogen (secondary N) is 1. The molecule has 1 atom stereocenters. The molecule has 2 amide bonds. The van der Waals surface area contributed by atoms with Crippen LogP contribution in [0.5, 0.6) is 0 Å². The number of hydrogen-bond donors (Lipinski definition) is 2. The number of rotatable bonds is 5. The van der Waals surface area contributed by atoms with Gasteiger partial charge < -0.3 is 20.1 Å². The van der Waals surface area contributed by atoms with Crippen molar-refractivity contribution in [2.45, 2.75) is 63.6 Å². The lowest BCUT2D eigenvalue weighted by atomic mass is 9.94. The summed E-state index contributed by atoms with van der Waals surface area (Å²) in [5, 5.41) is 11.8. The number of urea groups is 1. The third kappa shape index (κ3) is 4.37. The highest BCUT2D eigenvalue weighted by Crippen LogP contribution is 2.28. The Kier molecular flexibility index (Phi) is 4.52. The van der Waals surface area contributed by atoms with Crippen LogP contribution in [0, 0.1) is 0 Å². The fraction of sp³-hybridized carbons (Fsp3) is 0.857. The Morgan fingerprint density at radius 1 is 1.35 bits per heavy atom. The molecular weight excluding hydrogens is 260 g/mol. The van der Waals surface area contributed by atoms with E-state index in [0.29, 0.717) is 13.2 Å². The van der Waals surface area contributed by atoms with E-state index in [-0.39, 0.29) is 30.1 Å². The number of aliphatic carboxylic acids is 1. The maximum atomic E-state index is 12.3. The predicted octanol–water partition coefficient (Wildman–Crippen LogP) is 1.59. The lowest BCUT2D eigenvalue weighted by molar-refractivity contribution is -0.137. The highest BCUT2D eigenvalue weighted by atomic mass is 16.5. The molecule has 1 aliphatic heterocycles. The van der Waals surface area contributed by atoms with Gasteiger partial charge in [-0.05, 0) is 39.5 Å². The molecule has 1 aliphatic carbocycles. The van der Waals surface area contributed by atoms with Gasteiger partial charge in [-0.25, -0.2) is 4.79 Å². The molecule has 6 heteroatoms. The van der Waals surface area contributed by atoms with Crippen molar-refractivity contribution < 1.29 is 19.4 Å². The van der Waals surface area contributed by atoms with Gasteiger partial charge in [0.05, 0.1) is 12.0 Å². The molecule has 2 rings (SSSR count). The van der Waals surface area contributed by atoms with Gasteiger partial charge in [-0.1, -0.05) is 0 Å². The van der Waals surface area contributed by atoms with E-state index in [1.807, 2.05) is 13.8 Å². The molecule has 2 N–H and O–H groups in total. The molecule has 0 spiro atoms. The van der Waals surface area contributed by atoms with E-state index in [4.69, 9.17) is 9.84 Å². The van der Waals surface area contributed by atoms with Gasteiger partial charge in [-0.15, -0.1) is 0 Å². The van der Waals surface area contributed by atoms with Gasteiger partial charge in [-0.2, -0.15) is 0 Å². The SMILES string of the molecule is CC1(C)CC(NC(=O)N(CCC(=O)O)C2CC2)CCO1. The average molecular weight is 284 g/mol. The van der Waals surface area contributed by atoms with Gasteiger partial charge in [0.15, 0.2) is 0 Å². The second-order valence-corrected chi connectivity index (χ2v) is 6.32. The summed E-state index contributed by atoms with van der Waals surface area (Å²) in [5.41, 5.74) is -0.207. The first-order valence-electron chi connectivity index (χ1n) is 7.30. The monoisotopic (exact) mass is 284 g/mol. The fourth-order valence-corrected chi connectivity index (χ4v) is 2.66. The van der Waals surface area contributed by atoms with Crippen molar-refractivity contribution in [2.24, 2.45) is 0 Å². The maximum absolute atomic E-state index is 12.3. The fourth-order valence-electron chi connectivity index (χ4n) is 2.66. The van der Waals surface area contributed by atoms with Crippen LogP contribution in [0.1, 0.15) is 46.0 Å². The number of carboxylic acid groups (broad SMARTS) is 1. The van der Waals surface area contributed by atoms with Crippen molar-refractivity contribution in [3.8, 4) is 0 Å². The summed E-state index contributed by atoms with van der Waals surface area (Å²) >= 11 is 0. The third-order valence-electron chi connectivity index (χ3n) is 3.84. The Bertz CT molecular complexity index is 379. The number of hydrogen-bond acceptors (Lipinski definition) is 3. The van der Waals surface area contributed by atoms with E-state index in [0.717, 1.165) is 25.7 Å². The molecule has 6 nitrogen and oxygen atoms in total. The molecule has 0 radical (unpaired) electrons. The maximum Gasteiger partial charge on any atom is 0.317 e. The van der Waals surface area contributed by atoms with E-state index in [1.165, 1.54) is 0 Å². The quantitative estimate of drug-likeness (QED) is 0.803. The molecule has 1 saturated carbocycles. The molecule has 0 bridgehead atoms. The summed E-state index contributed by atoms with van der Waals surface area (Å²) in [6, 6.07) is 0.205. The minimum absolute atomic E-state index is 0.00317. The van der Waals surface area contributed by atoms with Gasteiger partial charge in [0.25, 0.3) is 0 Å². The summed E-state index contributed by atoms with van der Waals surface area (Å²) in [5.74, 6) is -0.865. The summed E-state index contributed by atoms with van der Waals surface area (Å²) in [4.78, 5) is 24.6. The van der Waals surface area contributed by atoms with Crippen molar-refractivity contribution in [2.75, 3.05) is 13.2 Å². The normalized spacial score (nSPS) is 25.0. The summed E-state index contributed by atoms with van der Waals surface area (Å²) in [6.07, 6.45) is 3.56. The summed E-state index contributed by atoms with van der Waals surface area (Å²) in [7, 11) is 0. The largest absolute Gasteiger partial charge is 0.481 e. The van der Waals surface area contributed by atoms with Crippen LogP contribution in [0.15, 0.2) is 0 Å². The minimum Gasteiger partial charge on any atom is -0.481 e. The molecule has 1 saturated heterocycles. The topological polar surface area (TPSA) is 78.9 Å². The van der Waals surface area contributed by atoms with Crippen LogP contribution >= 0.6 is 0 Å². The highest BCUT2D eigenvalue weighted by molar-refractivity contribution is 5.76. The lowest BCUT2D eigenvalue weighted by Gasteiger charge is -2.36. The van der Waals surface area contributed by atoms with Crippen LogP contribution in [0.4, 0.5) is 4.79 Å². The first kappa shape index (κ1) is 15.1. The Hall–Kier alpha value is -1.30. The second-order valence-electron chi connectivity index (χ2n) is 6.32. The van der Waals surface area contributed by atoms with E-state index in [9.17, 15) is 9.59 Å². The van der Waals surface area contributed by atoms with Crippen molar-refractivity contribution in [3.63, 3.8) is 0 Å². The van der Waals surface area contributed by atoms with Gasteiger partial charge in [0.2, 0.25) is 0 Å². The van der Waals surface area contributed by atoms with Gasteiger partial charge in [0, 0.05) is 25.2 Å². The van der Waals surface area contributed by atoms with Crippen molar-refractivity contribution in [3.05, 3.63) is 0 Å². The van der Waals surface area contributed by atoms with Crippen LogP contribution in [-0.2, 0) is 9.53 Å². The van der Waals surface area contributed by atoms with Crippen LogP contribution in [-0.4, -0.2) is 52.8 Å². The van der Waals surface area contributed by atoms with E-state index in [2.05, 4.69) is 5.32 Å². The molecule has 1 heterocycles. The van der Waals surface area contributed by atoms with Crippen molar-refractivity contribution in [1.29, 1.82) is 0 Å². The smallest absolute Gasteiger partial charge is 0.317 e. The van der Waals surface area contributed by atoms with E-state index in [1.54, 1.807) is 4.90 Å². The second kappa shape index (κ2) is 5.99. The van der Waals surface area contributed by atoms with Crippen LogP contribution in [0.25, 0.3) is 0 Å². The lowest BCUT2D eigenvalue weighted by Crippen LogP contribution is -2.51. The minimum atomic E-state index is -0.865. The zero-order valence-corrected chi connectivity index (χ0v) is 12.2. The molecule has 0 aromatic rings. The predicted molar refractivity (Wildman–Crippen MR) is 73.6 cm³/mol. The van der Waals surface area contributed by atoms with E-state index < -0.39 is 5.97 Å². The van der Waals surface area contributed by atoms with Gasteiger partial charge in [-0.3, -0.25) is 4.79 Å². The van der Waals surface area contributed by atoms with Crippen molar-refractivity contribution in [1.82, 2.24) is 10.2 Å². The molecular formula is C14H24N2O4. The Balaban J connectivity index is 1.86. The van der Waals surface area contributed by atoms with Gasteiger partial charge in [0.1, 0.15) is 0 Å². The molecule has 0 aromatic heterocycles. The number of carbonyl (C=O) groups excluding carboxylic acids is 1. The highest BCUT2D eigenvalue weighted by Gasteiger charge is 2.35. The molecule has 114 valence electrons. The molecule has 20 heavy (non-hydrogen) atoms. The third-order valence-corrected chi connectivity index (χ3v) is 3.84. The Morgan fingerprint density at radius 2 is 2.05 bits per heavy atom. The first-order valence-corrected chi connectivity index (χ1v) is 7.30. The number of carbonyl (C=O) groups is 2. The zero-order valence-electron chi connectivity index (χ0n) is 12.2. The number of amides is 2. The molecule has 1 unspecified atom stereocenters. The number of ether oxygens (including phenoxy) is 1. The summed E-state index contributed by atoms with van der Waals surface area (Å²) in [6.45, 7) is 4.98. The Morgan fingerprint density at radius 3 is 2.60 bits per heavy atom. The molecule has 2 aliphatic rings.